The van der Waals surface area contributed by atoms with Gasteiger partial charge in [-0.1, -0.05) is 25.1 Å². The Kier molecular flexibility index (Phi) is 3.67. The molecule has 4 nitrogen and oxygen atoms in total. The number of aromatic amines is 1. The van der Waals surface area contributed by atoms with Crippen LogP contribution in [0.25, 0.3) is 10.9 Å². The van der Waals surface area contributed by atoms with E-state index in [0.717, 1.165) is 16.5 Å². The molecule has 0 aliphatic carbocycles. The summed E-state index contributed by atoms with van der Waals surface area (Å²) in [5.74, 6) is -0.435. The summed E-state index contributed by atoms with van der Waals surface area (Å²) >= 11 is 0. The number of ether oxygens (including phenoxy) is 1. The highest BCUT2D eigenvalue weighted by molar-refractivity contribution is 5.85. The first kappa shape index (κ1) is 12.6. The smallest absolute Gasteiger partial charge is 0.323 e. The molecule has 0 saturated heterocycles. The zero-order valence-corrected chi connectivity index (χ0v) is 10.6. The number of rotatable bonds is 4. The van der Waals surface area contributed by atoms with Crippen LogP contribution in [0, 0.1) is 0 Å². The molecule has 0 saturated carbocycles. The van der Waals surface area contributed by atoms with Gasteiger partial charge < -0.3 is 15.5 Å². The Bertz CT molecular complexity index is 547. The second-order valence-electron chi connectivity index (χ2n) is 4.36. The summed E-state index contributed by atoms with van der Waals surface area (Å²) in [6.45, 7) is 4.07. The standard InChI is InChI=1S/C14H18N2O2/c1-3-18-14(17)13(15)9(2)11-8-16-12-7-5-4-6-10(11)12/h4-9,13,16H,3,15H2,1-2H3. The summed E-state index contributed by atoms with van der Waals surface area (Å²) < 4.78 is 4.96. The van der Waals surface area contributed by atoms with Crippen LogP contribution < -0.4 is 5.73 Å². The van der Waals surface area contributed by atoms with E-state index in [-0.39, 0.29) is 11.9 Å². The minimum atomic E-state index is -0.635. The SMILES string of the molecule is CCOC(=O)C(N)C(C)c1c[nH]c2ccccc12. The van der Waals surface area contributed by atoms with Crippen molar-refractivity contribution in [3.05, 3.63) is 36.0 Å². The van der Waals surface area contributed by atoms with Crippen molar-refractivity contribution in [1.82, 2.24) is 4.98 Å². The van der Waals surface area contributed by atoms with E-state index in [1.165, 1.54) is 0 Å². The third kappa shape index (κ3) is 2.24. The summed E-state index contributed by atoms with van der Waals surface area (Å²) in [5, 5.41) is 1.10. The van der Waals surface area contributed by atoms with Gasteiger partial charge in [-0.15, -0.1) is 0 Å². The van der Waals surface area contributed by atoms with Crippen LogP contribution in [0.5, 0.6) is 0 Å². The predicted molar refractivity (Wildman–Crippen MR) is 71.3 cm³/mol. The Labute approximate surface area is 106 Å². The van der Waals surface area contributed by atoms with Crippen molar-refractivity contribution < 1.29 is 9.53 Å². The zero-order chi connectivity index (χ0) is 13.1. The van der Waals surface area contributed by atoms with Gasteiger partial charge in [-0.3, -0.25) is 4.79 Å². The third-order valence-corrected chi connectivity index (χ3v) is 3.21. The molecule has 96 valence electrons. The lowest BCUT2D eigenvalue weighted by Gasteiger charge is -2.17. The van der Waals surface area contributed by atoms with E-state index < -0.39 is 6.04 Å². The van der Waals surface area contributed by atoms with Crippen LogP contribution >= 0.6 is 0 Å². The molecule has 18 heavy (non-hydrogen) atoms. The Morgan fingerprint density at radius 1 is 1.44 bits per heavy atom. The van der Waals surface area contributed by atoms with Crippen LogP contribution in [-0.2, 0) is 9.53 Å². The maximum atomic E-state index is 11.7. The molecule has 0 spiro atoms. The topological polar surface area (TPSA) is 68.1 Å². The molecule has 2 aromatic rings. The van der Waals surface area contributed by atoms with Gasteiger partial charge in [0.05, 0.1) is 6.61 Å². The molecule has 0 amide bonds. The number of esters is 1. The van der Waals surface area contributed by atoms with Gasteiger partial charge >= 0.3 is 5.97 Å². The lowest BCUT2D eigenvalue weighted by Crippen LogP contribution is -2.37. The molecule has 1 aromatic heterocycles. The van der Waals surface area contributed by atoms with Crippen molar-refractivity contribution in [1.29, 1.82) is 0 Å². The molecule has 1 aromatic carbocycles. The molecule has 0 aliphatic heterocycles. The van der Waals surface area contributed by atoms with Crippen molar-refractivity contribution in [2.24, 2.45) is 5.73 Å². The molecule has 1 heterocycles. The molecular weight excluding hydrogens is 228 g/mol. The van der Waals surface area contributed by atoms with Crippen LogP contribution in [-0.4, -0.2) is 23.6 Å². The van der Waals surface area contributed by atoms with Crippen LogP contribution in [0.3, 0.4) is 0 Å². The van der Waals surface area contributed by atoms with Gasteiger partial charge in [0.2, 0.25) is 0 Å². The Hall–Kier alpha value is -1.81. The predicted octanol–water partition coefficient (Wildman–Crippen LogP) is 2.16. The molecule has 3 N–H and O–H groups in total. The van der Waals surface area contributed by atoms with Crippen LogP contribution in [0.4, 0.5) is 0 Å². The summed E-state index contributed by atoms with van der Waals surface area (Å²) in [6, 6.07) is 7.34. The lowest BCUT2D eigenvalue weighted by atomic mass is 9.93. The van der Waals surface area contributed by atoms with E-state index >= 15 is 0 Å². The zero-order valence-electron chi connectivity index (χ0n) is 10.6. The fraction of sp³-hybridized carbons (Fsp3) is 0.357. The molecule has 0 fully saturated rings. The number of benzene rings is 1. The highest BCUT2D eigenvalue weighted by atomic mass is 16.5. The number of hydrogen-bond donors (Lipinski definition) is 2. The second kappa shape index (κ2) is 5.23. The quantitative estimate of drug-likeness (QED) is 0.812. The summed E-state index contributed by atoms with van der Waals surface area (Å²) in [7, 11) is 0. The number of para-hydroxylation sites is 1. The van der Waals surface area contributed by atoms with E-state index in [1.54, 1.807) is 6.92 Å². The monoisotopic (exact) mass is 246 g/mol. The average molecular weight is 246 g/mol. The molecular formula is C14H18N2O2. The number of H-pyrrole nitrogens is 1. The molecule has 0 aliphatic rings. The average Bonchev–Trinajstić information content (AvgIpc) is 2.81. The fourth-order valence-electron chi connectivity index (χ4n) is 2.11. The normalized spacial score (nSPS) is 14.4. The number of carbonyl (C=O) groups excluding carboxylic acids is 1. The largest absolute Gasteiger partial charge is 0.465 e. The number of nitrogens with two attached hydrogens (primary N) is 1. The Morgan fingerprint density at radius 3 is 2.89 bits per heavy atom. The van der Waals surface area contributed by atoms with Crippen molar-refractivity contribution in [3.63, 3.8) is 0 Å². The number of aromatic nitrogens is 1. The first-order valence-corrected chi connectivity index (χ1v) is 6.13. The van der Waals surface area contributed by atoms with Gasteiger partial charge in [-0.25, -0.2) is 0 Å². The maximum absolute atomic E-state index is 11.7. The van der Waals surface area contributed by atoms with Crippen LogP contribution in [0.1, 0.15) is 25.3 Å². The van der Waals surface area contributed by atoms with Gasteiger partial charge in [0.1, 0.15) is 6.04 Å². The van der Waals surface area contributed by atoms with Gasteiger partial charge in [0, 0.05) is 23.0 Å². The summed E-state index contributed by atoms with van der Waals surface area (Å²) in [6.07, 6.45) is 1.91. The minimum absolute atomic E-state index is 0.0831. The van der Waals surface area contributed by atoms with Crippen molar-refractivity contribution in [3.8, 4) is 0 Å². The van der Waals surface area contributed by atoms with Crippen LogP contribution in [0.15, 0.2) is 30.5 Å². The molecule has 2 atom stereocenters. The molecule has 2 unspecified atom stereocenters. The van der Waals surface area contributed by atoms with Gasteiger partial charge in [0.25, 0.3) is 0 Å². The Morgan fingerprint density at radius 2 is 2.17 bits per heavy atom. The highest BCUT2D eigenvalue weighted by Gasteiger charge is 2.25. The van der Waals surface area contributed by atoms with Crippen molar-refractivity contribution in [2.45, 2.75) is 25.8 Å². The van der Waals surface area contributed by atoms with Gasteiger partial charge in [-0.05, 0) is 18.6 Å². The maximum Gasteiger partial charge on any atom is 0.323 e. The first-order chi connectivity index (χ1) is 8.65. The minimum Gasteiger partial charge on any atom is -0.465 e. The van der Waals surface area contributed by atoms with E-state index in [9.17, 15) is 4.79 Å². The highest BCUT2D eigenvalue weighted by Crippen LogP contribution is 2.27. The second-order valence-corrected chi connectivity index (χ2v) is 4.36. The van der Waals surface area contributed by atoms with Crippen LogP contribution in [0.2, 0.25) is 0 Å². The van der Waals surface area contributed by atoms with E-state index in [0.29, 0.717) is 6.61 Å². The first-order valence-electron chi connectivity index (χ1n) is 6.13. The van der Waals surface area contributed by atoms with E-state index in [1.807, 2.05) is 37.4 Å². The summed E-state index contributed by atoms with van der Waals surface area (Å²) in [5.41, 5.74) is 8.04. The molecule has 2 rings (SSSR count). The van der Waals surface area contributed by atoms with E-state index in [2.05, 4.69) is 4.98 Å². The van der Waals surface area contributed by atoms with E-state index in [4.69, 9.17) is 10.5 Å². The number of nitrogens with one attached hydrogen (secondary N) is 1. The van der Waals surface area contributed by atoms with Gasteiger partial charge in [-0.2, -0.15) is 0 Å². The van der Waals surface area contributed by atoms with Gasteiger partial charge in [0.15, 0.2) is 0 Å². The molecule has 0 bridgehead atoms. The third-order valence-electron chi connectivity index (χ3n) is 3.21. The fourth-order valence-corrected chi connectivity index (χ4v) is 2.11. The number of hydrogen-bond acceptors (Lipinski definition) is 3. The lowest BCUT2D eigenvalue weighted by molar-refractivity contribution is -0.145. The molecule has 0 radical (unpaired) electrons. The molecule has 4 heteroatoms. The van der Waals surface area contributed by atoms with Crippen molar-refractivity contribution >= 4 is 16.9 Å². The number of fused-ring (bicyclic) bond motifs is 1. The summed E-state index contributed by atoms with van der Waals surface area (Å²) in [4.78, 5) is 14.8. The Balaban J connectivity index is 2.28. The van der Waals surface area contributed by atoms with Crippen molar-refractivity contribution in [2.75, 3.05) is 6.61 Å². The number of carbonyl (C=O) groups is 1.